The Morgan fingerprint density at radius 2 is 1.87 bits per heavy atom. The van der Waals surface area contributed by atoms with E-state index in [1.165, 1.54) is 17.8 Å². The number of hydrogen-bond donors (Lipinski definition) is 7. The Labute approximate surface area is 259 Å². The molecule has 250 valence electrons. The first-order valence-corrected chi connectivity index (χ1v) is 16.7. The molecule has 1 saturated heterocycles. The number of hydrogen-bond acceptors (Lipinski definition) is 11. The maximum Gasteiger partial charge on any atom is 0.469 e. The molecule has 0 radical (unpaired) electrons. The van der Waals surface area contributed by atoms with Gasteiger partial charge >= 0.3 is 19.5 Å². The van der Waals surface area contributed by atoms with E-state index in [1.807, 2.05) is 6.08 Å². The molecule has 3 saturated carbocycles. The van der Waals surface area contributed by atoms with E-state index in [2.05, 4.69) is 23.4 Å². The van der Waals surface area contributed by atoms with Crippen LogP contribution < -0.4 is 11.4 Å². The van der Waals surface area contributed by atoms with Crippen LogP contribution in [-0.2, 0) is 23.4 Å². The lowest BCUT2D eigenvalue weighted by atomic mass is 9.46. The Bertz CT molecular complexity index is 1460. The summed E-state index contributed by atoms with van der Waals surface area (Å²) in [5.74, 6) is 0.138. The van der Waals surface area contributed by atoms with Gasteiger partial charge in [-0.1, -0.05) is 19.4 Å². The van der Waals surface area contributed by atoms with Crippen molar-refractivity contribution < 1.29 is 53.6 Å². The summed E-state index contributed by atoms with van der Waals surface area (Å²) in [6.07, 6.45) is 2.75. The Balaban J connectivity index is 0.000000180. The molecule has 0 amide bonds. The summed E-state index contributed by atoms with van der Waals surface area (Å²) in [5.41, 5.74) is 5.39. The van der Waals surface area contributed by atoms with Gasteiger partial charge in [-0.05, 0) is 79.3 Å². The Morgan fingerprint density at radius 3 is 2.51 bits per heavy atom. The molecular weight excluding hydrogens is 613 g/mol. The number of nitrogens with zero attached hydrogens (tertiary/aromatic N) is 2. The van der Waals surface area contributed by atoms with Gasteiger partial charge in [-0.25, -0.2) is 9.36 Å². The second-order valence-corrected chi connectivity index (χ2v) is 14.7. The Morgan fingerprint density at radius 1 is 1.16 bits per heavy atom. The predicted molar refractivity (Wildman–Crippen MR) is 156 cm³/mol. The summed E-state index contributed by atoms with van der Waals surface area (Å²) in [4.78, 5) is 55.9. The van der Waals surface area contributed by atoms with Gasteiger partial charge < -0.3 is 40.7 Å². The number of fused-ring (bicyclic) bond motifs is 5. The number of rotatable bonds is 5. The third-order valence-corrected chi connectivity index (χ3v) is 11.5. The highest BCUT2D eigenvalue weighted by molar-refractivity contribution is 7.46. The number of aliphatic hydroxyl groups excluding tert-OH is 3. The van der Waals surface area contributed by atoms with Gasteiger partial charge in [0, 0.05) is 12.6 Å². The summed E-state index contributed by atoms with van der Waals surface area (Å²) >= 11 is 0. The fourth-order valence-electron chi connectivity index (χ4n) is 8.98. The first-order chi connectivity index (χ1) is 21.0. The molecular formula is C29H42N3O12P. The fraction of sp³-hybridized carbons (Fsp3) is 0.724. The lowest BCUT2D eigenvalue weighted by Crippen LogP contribution is -2.57. The quantitative estimate of drug-likeness (QED) is 0.216. The number of aromatic nitrogens is 2. The van der Waals surface area contributed by atoms with Crippen LogP contribution in [0.25, 0.3) is 0 Å². The van der Waals surface area contributed by atoms with Gasteiger partial charge in [0.1, 0.15) is 24.1 Å². The topological polar surface area (TPSA) is 252 Å². The number of nitrogen functional groups attached to an aromatic ring is 1. The van der Waals surface area contributed by atoms with E-state index in [4.69, 9.17) is 20.3 Å². The predicted octanol–water partition coefficient (Wildman–Crippen LogP) is 0.744. The number of carboxylic acids is 1. The minimum absolute atomic E-state index is 0.0225. The normalized spacial score (nSPS) is 40.8. The van der Waals surface area contributed by atoms with Crippen molar-refractivity contribution in [3.05, 3.63) is 34.4 Å². The number of ether oxygens (including phenoxy) is 1. The van der Waals surface area contributed by atoms with Crippen LogP contribution in [0.1, 0.15) is 65.0 Å². The lowest BCUT2D eigenvalue weighted by molar-refractivity contribution is -0.158. The Hall–Kier alpha value is -2.49. The van der Waals surface area contributed by atoms with Crippen LogP contribution in [0.4, 0.5) is 5.82 Å². The first kappa shape index (κ1) is 33.9. The van der Waals surface area contributed by atoms with E-state index in [-0.39, 0.29) is 34.3 Å². The number of carbonyl (C=O) groups is 2. The van der Waals surface area contributed by atoms with Gasteiger partial charge in [0.2, 0.25) is 0 Å². The number of phosphoric ester groups is 1. The van der Waals surface area contributed by atoms with Crippen LogP contribution in [0.5, 0.6) is 0 Å². The van der Waals surface area contributed by atoms with Crippen molar-refractivity contribution in [3.63, 3.8) is 0 Å². The smallest absolute Gasteiger partial charge is 0.469 e. The van der Waals surface area contributed by atoms with Crippen molar-refractivity contribution in [2.75, 3.05) is 12.3 Å². The van der Waals surface area contributed by atoms with Crippen LogP contribution in [0.15, 0.2) is 28.7 Å². The van der Waals surface area contributed by atoms with Gasteiger partial charge in [0.05, 0.1) is 18.6 Å². The molecule has 0 bridgehead atoms. The molecule has 11 atom stereocenters. The number of anilines is 1. The summed E-state index contributed by atoms with van der Waals surface area (Å²) in [6.45, 7) is 3.68. The molecule has 1 aromatic rings. The largest absolute Gasteiger partial charge is 0.481 e. The van der Waals surface area contributed by atoms with E-state index in [1.54, 1.807) is 0 Å². The second-order valence-electron chi connectivity index (χ2n) is 13.5. The van der Waals surface area contributed by atoms with Crippen molar-refractivity contribution >= 4 is 25.4 Å². The van der Waals surface area contributed by atoms with E-state index in [0.29, 0.717) is 24.7 Å². The van der Waals surface area contributed by atoms with Gasteiger partial charge in [0.25, 0.3) is 0 Å². The SMILES string of the molecule is C[C@]12C[C@H](O)[C@H]3[C@@H](CCC4=CC(=O)CC[C@@]43C)[C@@H]1CC[C@@H]2C(=O)O.Nc1ccn([C@@H]2O[C@H](COP(=O)(O)O)[C@@H](O)[C@@H]2O)c(=O)n1. The number of carboxylic acid groups (broad SMARTS) is 1. The van der Waals surface area contributed by atoms with Crippen LogP contribution in [0.2, 0.25) is 0 Å². The molecule has 16 heteroatoms. The zero-order valence-electron chi connectivity index (χ0n) is 25.1. The zero-order chi connectivity index (χ0) is 33.1. The standard InChI is InChI=1S/C20H28O4.C9H14N3O8P/c1-19-8-7-12(21)9-11(19)3-4-13-14-5-6-15(18(23)24)20(14,2)10-16(22)17(13)19;10-5-1-2-12(9(15)11-5)8-7(14)6(13)4(20-8)3-19-21(16,17)18/h9,13-17,22H,3-8,10H2,1-2H3,(H,23,24);1-2,4,6-8,13-14H,3H2,(H2,10,11,15)(H2,16,17,18)/t13-,14-,15+,16-,17+,19-,20-;4-,6-,7+,8-/m01/s1. The van der Waals surface area contributed by atoms with Gasteiger partial charge in [0.15, 0.2) is 12.0 Å². The second kappa shape index (κ2) is 12.3. The van der Waals surface area contributed by atoms with E-state index in [9.17, 15) is 39.4 Å². The van der Waals surface area contributed by atoms with Crippen molar-refractivity contribution in [3.8, 4) is 0 Å². The molecule has 0 aromatic carbocycles. The highest BCUT2D eigenvalue weighted by atomic mass is 31.2. The average molecular weight is 656 g/mol. The zero-order valence-corrected chi connectivity index (χ0v) is 26.0. The van der Waals surface area contributed by atoms with Gasteiger partial charge in [-0.3, -0.25) is 18.7 Å². The van der Waals surface area contributed by atoms with Crippen LogP contribution in [-0.4, -0.2) is 82.5 Å². The summed E-state index contributed by atoms with van der Waals surface area (Å²) in [5, 5.41) is 40.3. The van der Waals surface area contributed by atoms with Crippen molar-refractivity contribution in [2.45, 2.75) is 89.4 Å². The summed E-state index contributed by atoms with van der Waals surface area (Å²) < 4.78 is 20.9. The molecule has 8 N–H and O–H groups in total. The van der Waals surface area contributed by atoms with E-state index >= 15 is 0 Å². The minimum Gasteiger partial charge on any atom is -0.481 e. The van der Waals surface area contributed by atoms with Crippen LogP contribution in [0.3, 0.4) is 0 Å². The summed E-state index contributed by atoms with van der Waals surface area (Å²) in [7, 11) is -4.74. The lowest BCUT2D eigenvalue weighted by Gasteiger charge is -2.59. The first-order valence-electron chi connectivity index (χ1n) is 15.2. The molecule has 2 heterocycles. The van der Waals surface area contributed by atoms with Crippen molar-refractivity contribution in [1.82, 2.24) is 9.55 Å². The maximum absolute atomic E-state index is 11.8. The molecule has 4 fully saturated rings. The number of nitrogens with two attached hydrogens (primary N) is 1. The van der Waals surface area contributed by atoms with Gasteiger partial charge in [-0.2, -0.15) is 4.98 Å². The Kier molecular flexibility index (Phi) is 9.23. The van der Waals surface area contributed by atoms with E-state index < -0.39 is 56.7 Å². The molecule has 4 aliphatic carbocycles. The van der Waals surface area contributed by atoms with Crippen LogP contribution >= 0.6 is 7.82 Å². The molecule has 6 rings (SSSR count). The molecule has 1 aromatic heterocycles. The molecule has 1 aliphatic heterocycles. The van der Waals surface area contributed by atoms with E-state index in [0.717, 1.165) is 36.7 Å². The number of aliphatic carboxylic acids is 1. The molecule has 45 heavy (non-hydrogen) atoms. The van der Waals surface area contributed by atoms with Crippen molar-refractivity contribution in [1.29, 1.82) is 0 Å². The number of phosphoric acid groups is 1. The third kappa shape index (κ3) is 6.29. The van der Waals surface area contributed by atoms with Crippen LogP contribution in [0, 0.1) is 34.5 Å². The number of carbonyl (C=O) groups excluding carboxylic acids is 1. The van der Waals surface area contributed by atoms with Gasteiger partial charge in [-0.15, -0.1) is 0 Å². The average Bonchev–Trinajstić information content (AvgIpc) is 3.43. The molecule has 0 unspecified atom stereocenters. The number of ketones is 1. The highest BCUT2D eigenvalue weighted by Gasteiger charge is 2.63. The summed E-state index contributed by atoms with van der Waals surface area (Å²) in [6, 6.07) is 1.29. The minimum atomic E-state index is -4.74. The monoisotopic (exact) mass is 655 g/mol. The fourth-order valence-corrected chi connectivity index (χ4v) is 9.32. The molecule has 15 nitrogen and oxygen atoms in total. The number of aliphatic hydroxyl groups is 3. The molecule has 0 spiro atoms. The third-order valence-electron chi connectivity index (χ3n) is 11.1. The van der Waals surface area contributed by atoms with Crippen molar-refractivity contribution in [2.24, 2.45) is 34.5 Å². The maximum atomic E-state index is 11.8. The molecule has 5 aliphatic rings. The highest BCUT2D eigenvalue weighted by Crippen LogP contribution is 2.66. The number of allylic oxidation sites excluding steroid dienone is 1.